The van der Waals surface area contributed by atoms with E-state index in [1.54, 1.807) is 31.4 Å². The second kappa shape index (κ2) is 7.52. The van der Waals surface area contributed by atoms with E-state index in [4.69, 9.17) is 9.47 Å². The van der Waals surface area contributed by atoms with Gasteiger partial charge in [0.1, 0.15) is 17.0 Å². The number of carboxylic acid groups (broad SMARTS) is 1. The lowest BCUT2D eigenvalue weighted by molar-refractivity contribution is -0.147. The molecule has 0 aromatic heterocycles. The Balaban J connectivity index is 2.54. The average Bonchev–Trinajstić information content (AvgIpc) is 2.45. The van der Waals surface area contributed by atoms with E-state index in [1.165, 1.54) is 6.92 Å². The molecule has 0 fully saturated rings. The number of rotatable bonds is 8. The summed E-state index contributed by atoms with van der Waals surface area (Å²) in [4.78, 5) is 23.0. The first-order valence-electron chi connectivity index (χ1n) is 6.72. The van der Waals surface area contributed by atoms with Crippen molar-refractivity contribution in [3.63, 3.8) is 0 Å². The fourth-order valence-electron chi connectivity index (χ4n) is 1.89. The lowest BCUT2D eigenvalue weighted by Crippen LogP contribution is -2.53. The number of nitrogens with one attached hydrogen (secondary N) is 1. The lowest BCUT2D eigenvalue weighted by atomic mass is 9.96. The Bertz CT molecular complexity index is 485. The fraction of sp³-hybridized carbons (Fsp3) is 0.467. The minimum absolute atomic E-state index is 0.237. The number of ether oxygens (including phenoxy) is 2. The second-order valence-corrected chi connectivity index (χ2v) is 4.90. The summed E-state index contributed by atoms with van der Waals surface area (Å²) in [5.74, 6) is -0.321. The molecule has 0 saturated carbocycles. The van der Waals surface area contributed by atoms with E-state index in [0.29, 0.717) is 24.3 Å². The number of methoxy groups -OCH3 is 1. The van der Waals surface area contributed by atoms with E-state index in [0.717, 1.165) is 0 Å². The summed E-state index contributed by atoms with van der Waals surface area (Å²) in [6.07, 6.45) is 1.01. The van der Waals surface area contributed by atoms with Crippen molar-refractivity contribution in [3.8, 4) is 11.5 Å². The number of benzene rings is 1. The van der Waals surface area contributed by atoms with Crippen LogP contribution in [0.5, 0.6) is 11.5 Å². The minimum atomic E-state index is -1.27. The van der Waals surface area contributed by atoms with E-state index < -0.39 is 17.4 Å². The summed E-state index contributed by atoms with van der Waals surface area (Å²) in [5.41, 5.74) is -1.27. The third-order valence-corrected chi connectivity index (χ3v) is 3.07. The van der Waals surface area contributed by atoms with Gasteiger partial charge in [-0.2, -0.15) is 0 Å². The van der Waals surface area contributed by atoms with Crippen LogP contribution in [0.1, 0.15) is 26.7 Å². The zero-order valence-electron chi connectivity index (χ0n) is 12.5. The normalized spacial score (nSPS) is 13.1. The summed E-state index contributed by atoms with van der Waals surface area (Å²) in [6.45, 7) is 3.12. The van der Waals surface area contributed by atoms with Crippen molar-refractivity contribution in [2.45, 2.75) is 32.2 Å². The third kappa shape index (κ3) is 4.98. The van der Waals surface area contributed by atoms with E-state index in [2.05, 4.69) is 5.32 Å². The molecule has 2 N–H and O–H groups in total. The summed E-state index contributed by atoms with van der Waals surface area (Å²) in [6, 6.07) is 6.78. The van der Waals surface area contributed by atoms with E-state index in [9.17, 15) is 14.7 Å². The van der Waals surface area contributed by atoms with Gasteiger partial charge in [0.05, 0.1) is 7.11 Å². The van der Waals surface area contributed by atoms with Crippen molar-refractivity contribution in [3.05, 3.63) is 24.3 Å². The molecule has 0 saturated heterocycles. The quantitative estimate of drug-likeness (QED) is 0.764. The minimum Gasteiger partial charge on any atom is -0.497 e. The molecule has 0 bridgehead atoms. The van der Waals surface area contributed by atoms with E-state index >= 15 is 0 Å². The predicted molar refractivity (Wildman–Crippen MR) is 77.6 cm³/mol. The molecule has 0 heterocycles. The van der Waals surface area contributed by atoms with Gasteiger partial charge in [0.2, 0.25) is 0 Å². The maximum atomic E-state index is 11.8. The molecule has 0 aliphatic heterocycles. The summed E-state index contributed by atoms with van der Waals surface area (Å²) in [5, 5.41) is 11.7. The van der Waals surface area contributed by atoms with Crippen LogP contribution < -0.4 is 14.8 Å². The molecule has 1 rings (SSSR count). The van der Waals surface area contributed by atoms with Gasteiger partial charge < -0.3 is 19.9 Å². The molecule has 0 spiro atoms. The highest BCUT2D eigenvalue weighted by molar-refractivity contribution is 5.87. The Morgan fingerprint density at radius 3 is 2.29 bits per heavy atom. The van der Waals surface area contributed by atoms with Gasteiger partial charge in [-0.3, -0.25) is 4.79 Å². The molecule has 0 radical (unpaired) electrons. The van der Waals surface area contributed by atoms with E-state index in [-0.39, 0.29) is 6.61 Å². The molecule has 0 aliphatic carbocycles. The number of carbonyl (C=O) groups excluding carboxylic acids is 1. The first-order valence-corrected chi connectivity index (χ1v) is 6.72. The number of carbonyl (C=O) groups is 2. The zero-order valence-corrected chi connectivity index (χ0v) is 12.5. The van der Waals surface area contributed by atoms with Crippen LogP contribution in [0.25, 0.3) is 0 Å². The Morgan fingerprint density at radius 2 is 1.81 bits per heavy atom. The van der Waals surface area contributed by atoms with Gasteiger partial charge in [-0.15, -0.1) is 0 Å². The highest BCUT2D eigenvalue weighted by Crippen LogP contribution is 2.17. The van der Waals surface area contributed by atoms with E-state index in [1.807, 2.05) is 6.92 Å². The van der Waals surface area contributed by atoms with Gasteiger partial charge in [0, 0.05) is 0 Å². The van der Waals surface area contributed by atoms with Gasteiger partial charge in [0.25, 0.3) is 5.91 Å². The molecule has 1 unspecified atom stereocenters. The highest BCUT2D eigenvalue weighted by atomic mass is 16.5. The van der Waals surface area contributed by atoms with Crippen LogP contribution in [0.4, 0.5) is 0 Å². The van der Waals surface area contributed by atoms with Crippen molar-refractivity contribution in [2.24, 2.45) is 0 Å². The molecule has 1 atom stereocenters. The van der Waals surface area contributed by atoms with Gasteiger partial charge in [-0.05, 0) is 37.6 Å². The summed E-state index contributed by atoms with van der Waals surface area (Å²) < 4.78 is 10.3. The van der Waals surface area contributed by atoms with Gasteiger partial charge >= 0.3 is 5.97 Å². The molecule has 116 valence electrons. The number of hydrogen-bond donors (Lipinski definition) is 2. The third-order valence-electron chi connectivity index (χ3n) is 3.07. The van der Waals surface area contributed by atoms with Gasteiger partial charge in [-0.25, -0.2) is 4.79 Å². The second-order valence-electron chi connectivity index (χ2n) is 4.90. The maximum absolute atomic E-state index is 11.8. The number of carboxylic acids is 1. The van der Waals surface area contributed by atoms with Crippen molar-refractivity contribution >= 4 is 11.9 Å². The largest absolute Gasteiger partial charge is 0.497 e. The maximum Gasteiger partial charge on any atom is 0.329 e. The molecule has 6 heteroatoms. The Kier molecular flexibility index (Phi) is 6.02. The topological polar surface area (TPSA) is 84.9 Å². The Morgan fingerprint density at radius 1 is 1.24 bits per heavy atom. The SMILES string of the molecule is CCCC(C)(NC(=O)COc1ccc(OC)cc1)C(=O)O. The van der Waals surface area contributed by atoms with Crippen LogP contribution in [-0.4, -0.2) is 36.2 Å². The Labute approximate surface area is 124 Å². The lowest BCUT2D eigenvalue weighted by Gasteiger charge is -2.25. The van der Waals surface area contributed by atoms with Crippen molar-refractivity contribution in [1.82, 2.24) is 5.32 Å². The Hall–Kier alpha value is -2.24. The average molecular weight is 295 g/mol. The highest BCUT2D eigenvalue weighted by Gasteiger charge is 2.33. The molecule has 1 aromatic carbocycles. The molecular weight excluding hydrogens is 274 g/mol. The predicted octanol–water partition coefficient (Wildman–Crippen LogP) is 1.83. The molecule has 6 nitrogen and oxygen atoms in total. The van der Waals surface area contributed by atoms with Gasteiger partial charge in [0.15, 0.2) is 6.61 Å². The van der Waals surface area contributed by atoms with Crippen LogP contribution >= 0.6 is 0 Å². The summed E-state index contributed by atoms with van der Waals surface area (Å²) >= 11 is 0. The molecule has 1 aromatic rings. The molecule has 1 amide bonds. The first kappa shape index (κ1) is 16.8. The first-order chi connectivity index (χ1) is 9.91. The standard InChI is InChI=1S/C15H21NO5/c1-4-9-15(2,14(18)19)16-13(17)10-21-12-7-5-11(20-3)6-8-12/h5-8H,4,9-10H2,1-3H3,(H,16,17)(H,18,19). The monoisotopic (exact) mass is 295 g/mol. The van der Waals surface area contributed by atoms with Crippen LogP contribution in [0.15, 0.2) is 24.3 Å². The fourth-order valence-corrected chi connectivity index (χ4v) is 1.89. The molecular formula is C15H21NO5. The van der Waals surface area contributed by atoms with Crippen LogP contribution in [0.3, 0.4) is 0 Å². The van der Waals surface area contributed by atoms with Crippen LogP contribution in [0, 0.1) is 0 Å². The van der Waals surface area contributed by atoms with Crippen molar-refractivity contribution < 1.29 is 24.2 Å². The van der Waals surface area contributed by atoms with Crippen molar-refractivity contribution in [1.29, 1.82) is 0 Å². The zero-order chi connectivity index (χ0) is 15.9. The molecule has 0 aliphatic rings. The van der Waals surface area contributed by atoms with Gasteiger partial charge in [-0.1, -0.05) is 13.3 Å². The molecule has 21 heavy (non-hydrogen) atoms. The smallest absolute Gasteiger partial charge is 0.329 e. The number of aliphatic carboxylic acids is 1. The summed E-state index contributed by atoms with van der Waals surface area (Å²) in [7, 11) is 1.56. The van der Waals surface area contributed by atoms with Crippen molar-refractivity contribution in [2.75, 3.05) is 13.7 Å². The number of amides is 1. The van der Waals surface area contributed by atoms with Crippen LogP contribution in [0.2, 0.25) is 0 Å². The number of hydrogen-bond acceptors (Lipinski definition) is 4. The van der Waals surface area contributed by atoms with Crippen LogP contribution in [-0.2, 0) is 9.59 Å².